The summed E-state index contributed by atoms with van der Waals surface area (Å²) in [5, 5.41) is 14.8. The Morgan fingerprint density at radius 1 is 1.23 bits per heavy atom. The van der Waals surface area contributed by atoms with Crippen molar-refractivity contribution in [1.82, 2.24) is 5.43 Å². The third-order valence-electron chi connectivity index (χ3n) is 3.75. The Morgan fingerprint density at radius 2 is 1.88 bits per heavy atom. The first-order chi connectivity index (χ1) is 12.3. The number of carbonyl (C=O) groups is 1. The van der Waals surface area contributed by atoms with Gasteiger partial charge in [0.2, 0.25) is 0 Å². The van der Waals surface area contributed by atoms with Crippen LogP contribution in [0.4, 0.5) is 5.69 Å². The highest BCUT2D eigenvalue weighted by atomic mass is 16.6. The number of benzene rings is 2. The van der Waals surface area contributed by atoms with Crippen LogP contribution in [-0.2, 0) is 11.2 Å². The second-order valence-corrected chi connectivity index (χ2v) is 6.12. The zero-order valence-electron chi connectivity index (χ0n) is 14.9. The van der Waals surface area contributed by atoms with Gasteiger partial charge in [0.15, 0.2) is 5.60 Å². The number of nitro benzene ring substituents is 1. The average molecular weight is 355 g/mol. The Hall–Kier alpha value is -3.22. The molecule has 0 aliphatic rings. The standard InChI is InChI=1S/C19H21N3O4/c1-4-14-9-11-16(12-10-14)26-19(2,3)18(23)21-20-13-15-7-5-6-8-17(15)22(24)25/h5-13H,4H2,1-3H3,(H,21,23)/b20-13+. The van der Waals surface area contributed by atoms with Crippen molar-refractivity contribution in [3.05, 3.63) is 69.8 Å². The molecule has 1 amide bonds. The van der Waals surface area contributed by atoms with Crippen molar-refractivity contribution >= 4 is 17.8 Å². The van der Waals surface area contributed by atoms with E-state index in [9.17, 15) is 14.9 Å². The lowest BCUT2D eigenvalue weighted by atomic mass is 10.1. The molecule has 0 saturated carbocycles. The molecule has 26 heavy (non-hydrogen) atoms. The lowest BCUT2D eigenvalue weighted by molar-refractivity contribution is -0.385. The molecule has 2 rings (SSSR count). The number of nitrogens with zero attached hydrogens (tertiary/aromatic N) is 2. The number of amides is 1. The summed E-state index contributed by atoms with van der Waals surface area (Å²) in [6.07, 6.45) is 2.16. The highest BCUT2D eigenvalue weighted by Gasteiger charge is 2.29. The van der Waals surface area contributed by atoms with Crippen molar-refractivity contribution in [2.24, 2.45) is 5.10 Å². The van der Waals surface area contributed by atoms with Crippen LogP contribution in [-0.4, -0.2) is 22.6 Å². The van der Waals surface area contributed by atoms with Gasteiger partial charge in [-0.05, 0) is 44.0 Å². The van der Waals surface area contributed by atoms with Gasteiger partial charge in [-0.1, -0.05) is 31.2 Å². The summed E-state index contributed by atoms with van der Waals surface area (Å²) in [7, 11) is 0. The number of nitro groups is 1. The van der Waals surface area contributed by atoms with Crippen LogP contribution in [0.5, 0.6) is 5.75 Å². The summed E-state index contributed by atoms with van der Waals surface area (Å²) in [5.74, 6) is 0.108. The zero-order chi connectivity index (χ0) is 19.2. The lowest BCUT2D eigenvalue weighted by Gasteiger charge is -2.24. The third kappa shape index (κ3) is 4.89. The first-order valence-electron chi connectivity index (χ1n) is 8.18. The molecule has 0 aliphatic heterocycles. The lowest BCUT2D eigenvalue weighted by Crippen LogP contribution is -2.44. The number of nitrogens with one attached hydrogen (secondary N) is 1. The maximum Gasteiger partial charge on any atom is 0.283 e. The third-order valence-corrected chi connectivity index (χ3v) is 3.75. The highest BCUT2D eigenvalue weighted by molar-refractivity contribution is 5.88. The molecule has 2 aromatic carbocycles. The Balaban J connectivity index is 2.02. The number of hydrazone groups is 1. The molecule has 0 saturated heterocycles. The summed E-state index contributed by atoms with van der Waals surface area (Å²) in [4.78, 5) is 22.8. The number of para-hydroxylation sites is 1. The quantitative estimate of drug-likeness (QED) is 0.467. The van der Waals surface area contributed by atoms with Crippen molar-refractivity contribution in [2.75, 3.05) is 0 Å². The number of ether oxygens (including phenoxy) is 1. The molecular formula is C19H21N3O4. The van der Waals surface area contributed by atoms with E-state index in [1.165, 1.54) is 17.8 Å². The van der Waals surface area contributed by atoms with Crippen LogP contribution in [0.15, 0.2) is 53.6 Å². The van der Waals surface area contributed by atoms with Crippen LogP contribution in [0.2, 0.25) is 0 Å². The fourth-order valence-corrected chi connectivity index (χ4v) is 2.19. The molecule has 7 heteroatoms. The number of hydrogen-bond donors (Lipinski definition) is 1. The van der Waals surface area contributed by atoms with Crippen LogP contribution in [0.25, 0.3) is 0 Å². The maximum atomic E-state index is 12.3. The molecule has 0 aliphatic carbocycles. The van der Waals surface area contributed by atoms with Crippen LogP contribution >= 0.6 is 0 Å². The fourth-order valence-electron chi connectivity index (χ4n) is 2.19. The molecule has 0 bridgehead atoms. The average Bonchev–Trinajstić information content (AvgIpc) is 2.62. The number of rotatable bonds is 7. The summed E-state index contributed by atoms with van der Waals surface area (Å²) in [6, 6.07) is 13.6. The molecule has 0 spiro atoms. The van der Waals surface area contributed by atoms with E-state index in [1.54, 1.807) is 32.0 Å². The number of aryl methyl sites for hydroxylation is 1. The predicted molar refractivity (Wildman–Crippen MR) is 99.4 cm³/mol. The van der Waals surface area contributed by atoms with E-state index in [0.717, 1.165) is 6.42 Å². The molecule has 0 fully saturated rings. The normalized spacial score (nSPS) is 11.3. The van der Waals surface area contributed by atoms with Crippen molar-refractivity contribution in [1.29, 1.82) is 0 Å². The van der Waals surface area contributed by atoms with Gasteiger partial charge in [-0.2, -0.15) is 5.10 Å². The minimum Gasteiger partial charge on any atom is -0.478 e. The summed E-state index contributed by atoms with van der Waals surface area (Å²) >= 11 is 0. The van der Waals surface area contributed by atoms with Crippen LogP contribution in [0, 0.1) is 10.1 Å². The van der Waals surface area contributed by atoms with Gasteiger partial charge < -0.3 is 4.74 Å². The largest absolute Gasteiger partial charge is 0.478 e. The van der Waals surface area contributed by atoms with E-state index in [4.69, 9.17) is 4.74 Å². The molecule has 0 unspecified atom stereocenters. The second-order valence-electron chi connectivity index (χ2n) is 6.12. The smallest absolute Gasteiger partial charge is 0.283 e. The number of hydrogen-bond acceptors (Lipinski definition) is 5. The van der Waals surface area contributed by atoms with E-state index in [0.29, 0.717) is 11.3 Å². The fraction of sp³-hybridized carbons (Fsp3) is 0.263. The Bertz CT molecular complexity index is 814. The van der Waals surface area contributed by atoms with Crippen LogP contribution < -0.4 is 10.2 Å². The van der Waals surface area contributed by atoms with Crippen LogP contribution in [0.1, 0.15) is 31.9 Å². The first-order valence-corrected chi connectivity index (χ1v) is 8.18. The van der Waals surface area contributed by atoms with Gasteiger partial charge in [0.05, 0.1) is 16.7 Å². The summed E-state index contributed by atoms with van der Waals surface area (Å²) < 4.78 is 5.73. The van der Waals surface area contributed by atoms with E-state index >= 15 is 0 Å². The van der Waals surface area contributed by atoms with Gasteiger partial charge in [0.25, 0.3) is 11.6 Å². The Morgan fingerprint density at radius 3 is 2.50 bits per heavy atom. The second kappa shape index (κ2) is 8.24. The van der Waals surface area contributed by atoms with E-state index in [2.05, 4.69) is 17.5 Å². The minimum atomic E-state index is -1.16. The molecule has 136 valence electrons. The summed E-state index contributed by atoms with van der Waals surface area (Å²) in [5.41, 5.74) is 2.59. The molecule has 0 heterocycles. The zero-order valence-corrected chi connectivity index (χ0v) is 14.9. The van der Waals surface area contributed by atoms with Crippen molar-refractivity contribution in [3.63, 3.8) is 0 Å². The Labute approximate surface area is 151 Å². The minimum absolute atomic E-state index is 0.0861. The van der Waals surface area contributed by atoms with Crippen molar-refractivity contribution < 1.29 is 14.5 Å². The molecule has 7 nitrogen and oxygen atoms in total. The molecule has 0 aromatic heterocycles. The topological polar surface area (TPSA) is 93.8 Å². The molecule has 0 atom stereocenters. The van der Waals surface area contributed by atoms with E-state index in [1.807, 2.05) is 24.3 Å². The Kier molecular flexibility index (Phi) is 6.06. The van der Waals surface area contributed by atoms with Crippen molar-refractivity contribution in [2.45, 2.75) is 32.8 Å². The summed E-state index contributed by atoms with van der Waals surface area (Å²) in [6.45, 7) is 5.30. The van der Waals surface area contributed by atoms with E-state index in [-0.39, 0.29) is 5.69 Å². The van der Waals surface area contributed by atoms with Gasteiger partial charge in [0, 0.05) is 6.07 Å². The van der Waals surface area contributed by atoms with Crippen molar-refractivity contribution in [3.8, 4) is 5.75 Å². The SMILES string of the molecule is CCc1ccc(OC(C)(C)C(=O)N/N=C/c2ccccc2[N+](=O)[O-])cc1. The molecular weight excluding hydrogens is 334 g/mol. The predicted octanol–water partition coefficient (Wildman–Crippen LogP) is 3.46. The van der Waals surface area contributed by atoms with Gasteiger partial charge in [0.1, 0.15) is 5.75 Å². The molecule has 2 aromatic rings. The molecule has 0 radical (unpaired) electrons. The maximum absolute atomic E-state index is 12.3. The van der Waals surface area contributed by atoms with Gasteiger partial charge in [-0.3, -0.25) is 14.9 Å². The number of carbonyl (C=O) groups excluding carboxylic acids is 1. The van der Waals surface area contributed by atoms with Crippen LogP contribution in [0.3, 0.4) is 0 Å². The highest BCUT2D eigenvalue weighted by Crippen LogP contribution is 2.20. The van der Waals surface area contributed by atoms with Gasteiger partial charge in [-0.25, -0.2) is 5.43 Å². The van der Waals surface area contributed by atoms with Gasteiger partial charge in [-0.15, -0.1) is 0 Å². The molecule has 1 N–H and O–H groups in total. The monoisotopic (exact) mass is 355 g/mol. The first kappa shape index (κ1) is 19.1. The van der Waals surface area contributed by atoms with E-state index < -0.39 is 16.4 Å². The van der Waals surface area contributed by atoms with Gasteiger partial charge >= 0.3 is 0 Å².